The van der Waals surface area contributed by atoms with Gasteiger partial charge in [-0.25, -0.2) is 4.98 Å². The molecule has 0 aromatic carbocycles. The van der Waals surface area contributed by atoms with Crippen LogP contribution in [0.25, 0.3) is 0 Å². The van der Waals surface area contributed by atoms with Gasteiger partial charge in [0.15, 0.2) is 0 Å². The lowest BCUT2D eigenvalue weighted by molar-refractivity contribution is 0.293. The van der Waals surface area contributed by atoms with E-state index in [2.05, 4.69) is 34.7 Å². The van der Waals surface area contributed by atoms with Gasteiger partial charge in [0, 0.05) is 24.0 Å². The summed E-state index contributed by atoms with van der Waals surface area (Å²) in [5.74, 6) is 0. The van der Waals surface area contributed by atoms with Crippen LogP contribution < -0.4 is 5.32 Å². The van der Waals surface area contributed by atoms with Crippen molar-refractivity contribution in [3.8, 4) is 0 Å². The van der Waals surface area contributed by atoms with Crippen molar-refractivity contribution in [3.63, 3.8) is 0 Å². The Hall–Kier alpha value is -0.450. The Morgan fingerprint density at radius 3 is 3.00 bits per heavy atom. The molecule has 2 rings (SSSR count). The summed E-state index contributed by atoms with van der Waals surface area (Å²) < 4.78 is 0. The molecule has 15 heavy (non-hydrogen) atoms. The first-order valence-electron chi connectivity index (χ1n) is 5.52. The molecule has 1 saturated carbocycles. The minimum absolute atomic E-state index is 0.680. The second kappa shape index (κ2) is 5.05. The molecule has 0 bridgehead atoms. The van der Waals surface area contributed by atoms with Crippen LogP contribution in [0.3, 0.4) is 0 Å². The van der Waals surface area contributed by atoms with E-state index in [1.165, 1.54) is 25.0 Å². The molecule has 0 radical (unpaired) electrons. The van der Waals surface area contributed by atoms with Crippen LogP contribution in [-0.2, 0) is 6.54 Å². The highest BCUT2D eigenvalue weighted by molar-refractivity contribution is 7.07. The van der Waals surface area contributed by atoms with Crippen molar-refractivity contribution in [2.24, 2.45) is 0 Å². The van der Waals surface area contributed by atoms with Gasteiger partial charge in [-0.15, -0.1) is 11.3 Å². The summed E-state index contributed by atoms with van der Waals surface area (Å²) in [5.41, 5.74) is 3.07. The van der Waals surface area contributed by atoms with Crippen molar-refractivity contribution in [2.75, 3.05) is 14.1 Å². The summed E-state index contributed by atoms with van der Waals surface area (Å²) in [7, 11) is 4.35. The molecule has 1 fully saturated rings. The number of rotatable bonds is 4. The Morgan fingerprint density at radius 2 is 2.40 bits per heavy atom. The highest BCUT2D eigenvalue weighted by atomic mass is 32.1. The van der Waals surface area contributed by atoms with Crippen LogP contribution in [0, 0.1) is 0 Å². The number of hydrogen-bond acceptors (Lipinski definition) is 4. The van der Waals surface area contributed by atoms with Gasteiger partial charge in [0.2, 0.25) is 0 Å². The van der Waals surface area contributed by atoms with E-state index in [1.807, 2.05) is 5.51 Å². The SMILES string of the molecule is CN(C)C1CCC(NCc2cscn2)C1. The Labute approximate surface area is 95.5 Å². The summed E-state index contributed by atoms with van der Waals surface area (Å²) in [4.78, 5) is 6.61. The zero-order valence-corrected chi connectivity index (χ0v) is 10.3. The first-order valence-corrected chi connectivity index (χ1v) is 6.47. The van der Waals surface area contributed by atoms with Crippen molar-refractivity contribution in [1.29, 1.82) is 0 Å². The largest absolute Gasteiger partial charge is 0.308 e. The summed E-state index contributed by atoms with van der Waals surface area (Å²) in [6.07, 6.45) is 3.89. The number of nitrogens with zero attached hydrogens (tertiary/aromatic N) is 2. The predicted molar refractivity (Wildman–Crippen MR) is 64.1 cm³/mol. The average Bonchev–Trinajstić information content (AvgIpc) is 2.86. The van der Waals surface area contributed by atoms with E-state index in [4.69, 9.17) is 0 Å². The first-order chi connectivity index (χ1) is 7.25. The molecule has 1 heterocycles. The molecule has 0 amide bonds. The van der Waals surface area contributed by atoms with Crippen molar-refractivity contribution >= 4 is 11.3 Å². The maximum absolute atomic E-state index is 4.28. The van der Waals surface area contributed by atoms with E-state index in [0.29, 0.717) is 6.04 Å². The second-order valence-electron chi connectivity index (χ2n) is 4.49. The van der Waals surface area contributed by atoms with Crippen LogP contribution in [-0.4, -0.2) is 36.1 Å². The highest BCUT2D eigenvalue weighted by Crippen LogP contribution is 2.22. The lowest BCUT2D eigenvalue weighted by Gasteiger charge is -2.19. The number of aromatic nitrogens is 1. The fourth-order valence-corrected chi connectivity index (χ4v) is 2.74. The molecule has 84 valence electrons. The second-order valence-corrected chi connectivity index (χ2v) is 5.21. The third-order valence-electron chi connectivity index (χ3n) is 3.19. The number of nitrogens with one attached hydrogen (secondary N) is 1. The van der Waals surface area contributed by atoms with Crippen LogP contribution >= 0.6 is 11.3 Å². The normalized spacial score (nSPS) is 26.3. The molecule has 4 heteroatoms. The van der Waals surface area contributed by atoms with Crippen LogP contribution in [0.15, 0.2) is 10.9 Å². The molecule has 1 aliphatic carbocycles. The molecular weight excluding hydrogens is 206 g/mol. The lowest BCUT2D eigenvalue weighted by atomic mass is 10.2. The van der Waals surface area contributed by atoms with Gasteiger partial charge in [0.05, 0.1) is 11.2 Å². The molecule has 0 spiro atoms. The van der Waals surface area contributed by atoms with Crippen molar-refractivity contribution in [2.45, 2.75) is 37.9 Å². The topological polar surface area (TPSA) is 28.2 Å². The predicted octanol–water partition coefficient (Wildman–Crippen LogP) is 1.72. The van der Waals surface area contributed by atoms with Gasteiger partial charge >= 0.3 is 0 Å². The number of hydrogen-bond donors (Lipinski definition) is 1. The Kier molecular flexibility index (Phi) is 3.72. The van der Waals surface area contributed by atoms with Gasteiger partial charge in [-0.05, 0) is 33.4 Å². The summed E-state index contributed by atoms with van der Waals surface area (Å²) in [6.45, 7) is 0.925. The standard InChI is InChI=1S/C11H19N3S/c1-14(2)11-4-3-9(5-11)12-6-10-7-15-8-13-10/h7-9,11-12H,3-6H2,1-2H3. The maximum Gasteiger partial charge on any atom is 0.0795 e. The lowest BCUT2D eigenvalue weighted by Crippen LogP contribution is -2.30. The summed E-state index contributed by atoms with van der Waals surface area (Å²) >= 11 is 1.67. The molecule has 1 aliphatic rings. The van der Waals surface area contributed by atoms with E-state index >= 15 is 0 Å². The van der Waals surface area contributed by atoms with E-state index in [0.717, 1.165) is 12.6 Å². The maximum atomic E-state index is 4.28. The van der Waals surface area contributed by atoms with Gasteiger partial charge in [-0.3, -0.25) is 0 Å². The minimum Gasteiger partial charge on any atom is -0.308 e. The zero-order valence-electron chi connectivity index (χ0n) is 9.44. The van der Waals surface area contributed by atoms with Gasteiger partial charge in [0.1, 0.15) is 0 Å². The Bertz CT molecular complexity index is 284. The monoisotopic (exact) mass is 225 g/mol. The van der Waals surface area contributed by atoms with Crippen LogP contribution in [0.2, 0.25) is 0 Å². The van der Waals surface area contributed by atoms with E-state index in [-0.39, 0.29) is 0 Å². The molecule has 0 aliphatic heterocycles. The van der Waals surface area contributed by atoms with Crippen molar-refractivity contribution in [1.82, 2.24) is 15.2 Å². The highest BCUT2D eigenvalue weighted by Gasteiger charge is 2.25. The van der Waals surface area contributed by atoms with E-state index < -0.39 is 0 Å². The van der Waals surface area contributed by atoms with Crippen LogP contribution in [0.5, 0.6) is 0 Å². The quantitative estimate of drug-likeness (QED) is 0.845. The Balaban J connectivity index is 1.73. The van der Waals surface area contributed by atoms with E-state index in [9.17, 15) is 0 Å². The molecule has 0 saturated heterocycles. The van der Waals surface area contributed by atoms with Crippen molar-refractivity contribution < 1.29 is 0 Å². The summed E-state index contributed by atoms with van der Waals surface area (Å²) in [5, 5.41) is 5.70. The molecular formula is C11H19N3S. The van der Waals surface area contributed by atoms with Gasteiger partial charge in [-0.1, -0.05) is 0 Å². The molecule has 3 nitrogen and oxygen atoms in total. The Morgan fingerprint density at radius 1 is 1.53 bits per heavy atom. The average molecular weight is 225 g/mol. The molecule has 2 atom stereocenters. The van der Waals surface area contributed by atoms with Gasteiger partial charge < -0.3 is 10.2 Å². The van der Waals surface area contributed by atoms with Crippen LogP contribution in [0.4, 0.5) is 0 Å². The zero-order chi connectivity index (χ0) is 10.7. The van der Waals surface area contributed by atoms with E-state index in [1.54, 1.807) is 11.3 Å². The van der Waals surface area contributed by atoms with Crippen molar-refractivity contribution in [3.05, 3.63) is 16.6 Å². The molecule has 1 N–H and O–H groups in total. The fraction of sp³-hybridized carbons (Fsp3) is 0.727. The minimum atomic E-state index is 0.680. The summed E-state index contributed by atoms with van der Waals surface area (Å²) in [6, 6.07) is 1.44. The third kappa shape index (κ3) is 3.00. The molecule has 1 aromatic heterocycles. The van der Waals surface area contributed by atoms with Gasteiger partial charge in [0.25, 0.3) is 0 Å². The van der Waals surface area contributed by atoms with Crippen LogP contribution in [0.1, 0.15) is 25.0 Å². The third-order valence-corrected chi connectivity index (χ3v) is 3.83. The molecule has 1 aromatic rings. The first kappa shape index (κ1) is 11.0. The molecule has 2 unspecified atom stereocenters. The fourth-order valence-electron chi connectivity index (χ4n) is 2.19. The number of thiazole rings is 1. The van der Waals surface area contributed by atoms with Gasteiger partial charge in [-0.2, -0.15) is 0 Å². The smallest absolute Gasteiger partial charge is 0.0795 e.